The minimum absolute atomic E-state index is 0. The first kappa shape index (κ1) is 134. The van der Waals surface area contributed by atoms with Gasteiger partial charge in [-0.3, -0.25) is 0 Å². The van der Waals surface area contributed by atoms with E-state index in [1.54, 1.807) is 0 Å². The quantitative estimate of drug-likeness (QED) is 0.133. The Hall–Kier alpha value is 0.269. The van der Waals surface area contributed by atoms with Crippen molar-refractivity contribution in [1.29, 1.82) is 0 Å². The molecular weight excluding hydrogens is 887 g/mol. The van der Waals surface area contributed by atoms with E-state index >= 15 is 0 Å². The molecule has 0 rings (SSSR count). The summed E-state index contributed by atoms with van der Waals surface area (Å²) in [5, 5.41) is 0. The predicted molar refractivity (Wildman–Crippen MR) is 52.9 cm³/mol. The summed E-state index contributed by atoms with van der Waals surface area (Å²) in [5.74, 6) is 0. The van der Waals surface area contributed by atoms with E-state index in [1.807, 2.05) is 0 Å². The van der Waals surface area contributed by atoms with Crippen molar-refractivity contribution in [2.24, 2.45) is 0 Å². The Labute approximate surface area is 187 Å². The van der Waals surface area contributed by atoms with Crippen molar-refractivity contribution in [2.75, 3.05) is 0 Å². The Morgan fingerprint density at radius 3 is 0.217 bits per heavy atom. The molecule has 0 radical (unpaired) electrons. The molecule has 0 spiro atoms. The van der Waals surface area contributed by atoms with Gasteiger partial charge in [0.25, 0.3) is 0 Å². The van der Waals surface area contributed by atoms with E-state index in [9.17, 15) is 0 Å². The molecule has 0 saturated carbocycles. The van der Waals surface area contributed by atoms with Crippen molar-refractivity contribution in [2.45, 2.75) is 0 Å². The normalized spacial score (nSPS) is 0.783. The van der Waals surface area contributed by atoms with E-state index in [4.69, 9.17) is 41.9 Å². The monoisotopic (exact) mass is 894 g/mol. The van der Waals surface area contributed by atoms with E-state index in [0.717, 1.165) is 0 Å². The zero-order valence-electron chi connectivity index (χ0n) is 10.1. The van der Waals surface area contributed by atoms with Crippen molar-refractivity contribution in [1.82, 2.24) is 0 Å². The Kier molecular flexibility index (Phi) is 812000. The molecule has 0 aromatic heterocycles. The summed E-state index contributed by atoms with van der Waals surface area (Å²) in [6.45, 7) is 40.5. The van der Waals surface area contributed by atoms with Crippen LogP contribution in [0.1, 0.15) is 0 Å². The van der Waals surface area contributed by atoms with E-state index < -0.39 is 0 Å². The molecule has 130 valence electrons. The molecule has 0 heterocycles. The van der Waals surface area contributed by atoms with Crippen LogP contribution in [0.15, 0.2) is 0 Å². The van der Waals surface area contributed by atoms with Gasteiger partial charge in [0, 0.05) is 59.4 Å². The van der Waals surface area contributed by atoms with Crippen molar-refractivity contribution >= 4 is 27.0 Å². The van der Waals surface area contributed by atoms with Gasteiger partial charge in [0.05, 0.1) is 0 Å². The molecule has 0 unspecified atom stereocenters. The van der Waals surface area contributed by atoms with Crippen LogP contribution in [0.3, 0.4) is 0 Å². The Balaban J connectivity index is -0.00000000321. The van der Waals surface area contributed by atoms with Crippen LogP contribution in [0.4, 0.5) is 0 Å². The topological polar surface area (TPSA) is 179 Å². The molecule has 0 aliphatic carbocycles. The third-order valence-corrected chi connectivity index (χ3v) is 0. The van der Waals surface area contributed by atoms with Crippen LogP contribution in [-0.4, -0.2) is 0 Å². The average Bonchev–Trinajstić information content (AvgIpc) is 2.63. The first-order chi connectivity index (χ1) is 9.00. The Morgan fingerprint density at radius 1 is 0.217 bits per heavy atom. The van der Waals surface area contributed by atoms with Crippen molar-refractivity contribution < 1.29 is 101 Å². The fourth-order valence-corrected chi connectivity index (χ4v) is 0. The van der Waals surface area contributed by atoms with Gasteiger partial charge in [-0.15, -0.1) is 0 Å². The minimum atomic E-state index is 0. The number of rotatable bonds is 0. The van der Waals surface area contributed by atoms with Crippen LogP contribution in [-0.2, 0) is 128 Å². The summed E-state index contributed by atoms with van der Waals surface area (Å²) in [7, 11) is 0. The number of thiol groups is 2. The molecule has 0 aromatic carbocycles. The minimum Gasteiger partial charge on any atom is -0.813 e. The van der Waals surface area contributed by atoms with Crippen LogP contribution in [0, 0.1) is 59.9 Å². The summed E-state index contributed by atoms with van der Waals surface area (Å²) < 4.78 is 67.5. The van der Waals surface area contributed by atoms with Crippen LogP contribution >= 0.6 is 0 Å². The van der Waals surface area contributed by atoms with Gasteiger partial charge >= 0.3 is 102 Å². The van der Waals surface area contributed by atoms with Gasteiger partial charge in [-0.2, -0.15) is 0 Å². The standard InChI is InChI=1S/9CO.3Os.2H2S/c9*1-2;;;;;/h;;;;;;;;;;;;2*1H2/p-2. The van der Waals surface area contributed by atoms with Gasteiger partial charge in [0.15, 0.2) is 0 Å². The molecule has 0 fully saturated rings. The summed E-state index contributed by atoms with van der Waals surface area (Å²) in [4.78, 5) is 0. The summed E-state index contributed by atoms with van der Waals surface area (Å²) >= 11 is 0. The molecule has 0 aliphatic rings. The first-order valence-corrected chi connectivity index (χ1v) is 1.84. The molecule has 14 heteroatoms. The van der Waals surface area contributed by atoms with Crippen molar-refractivity contribution in [3.05, 3.63) is 59.9 Å². The van der Waals surface area contributed by atoms with Gasteiger partial charge in [0.1, 0.15) is 0 Å². The summed E-state index contributed by atoms with van der Waals surface area (Å²) in [6.07, 6.45) is 0. The first-order valence-electron chi connectivity index (χ1n) is 1.84. The van der Waals surface area contributed by atoms with E-state index in [1.165, 1.54) is 0 Å². The van der Waals surface area contributed by atoms with Gasteiger partial charge in [-0.05, 0) is 0 Å². The third kappa shape index (κ3) is 126000. The maximum Gasteiger partial charge on any atom is 0 e. The van der Waals surface area contributed by atoms with Crippen molar-refractivity contribution in [3.8, 4) is 0 Å². The molecule has 0 bridgehead atoms. The zero-order valence-corrected chi connectivity index (χ0v) is 19.5. The van der Waals surface area contributed by atoms with Crippen LogP contribution in [0.25, 0.3) is 0 Å². The molecule has 0 aromatic rings. The van der Waals surface area contributed by atoms with Gasteiger partial charge in [-0.1, -0.05) is 0 Å². The fourth-order valence-electron chi connectivity index (χ4n) is 0. The smallest absolute Gasteiger partial charge is 0 e. The zero-order chi connectivity index (χ0) is 18.0. The van der Waals surface area contributed by atoms with Crippen molar-refractivity contribution in [3.63, 3.8) is 0 Å². The van der Waals surface area contributed by atoms with Crippen LogP contribution < -0.4 is 0 Å². The molecule has 23 heavy (non-hydrogen) atoms. The molecule has 0 amide bonds. The maximum absolute atomic E-state index is 7.50. The van der Waals surface area contributed by atoms with Gasteiger partial charge < -0.3 is 27.0 Å². The predicted octanol–water partition coefficient (Wildman–Crippen LogP) is -0.885. The Morgan fingerprint density at radius 2 is 0.217 bits per heavy atom. The molecule has 0 saturated heterocycles. The van der Waals surface area contributed by atoms with Gasteiger partial charge in [0.2, 0.25) is 0 Å². The molecule has 0 aliphatic heterocycles. The van der Waals surface area contributed by atoms with E-state index in [2.05, 4.69) is 59.9 Å². The van der Waals surface area contributed by atoms with Gasteiger partial charge in [-0.25, -0.2) is 0 Å². The second-order valence-corrected chi connectivity index (χ2v) is 0. The SMILES string of the molecule is [C-]#[O+].[C-]#[O+].[C-]#[O+].[C-]#[O+].[C-]#[O+].[C-]#[O+].[C-]#[O+].[C-]#[O+].[C-]#[O+].[Os].[Os].[Os].[SH-].[SH-]. The third-order valence-electron chi connectivity index (χ3n) is 0. The summed E-state index contributed by atoms with van der Waals surface area (Å²) in [5.41, 5.74) is 0. The average molecular weight is 889 g/mol. The molecular formula is C9H2O9Os3S2-2. The molecule has 9 nitrogen and oxygen atoms in total. The summed E-state index contributed by atoms with van der Waals surface area (Å²) in [6, 6.07) is 0. The fraction of sp³-hybridized carbons (Fsp3) is 0. The van der Waals surface area contributed by atoms with E-state index in [-0.39, 0.29) is 86.4 Å². The van der Waals surface area contributed by atoms with E-state index in [0.29, 0.717) is 0 Å². The Bertz CT molecular complexity index is 169. The maximum atomic E-state index is 7.50. The number of hydrogen-bond donors (Lipinski definition) is 0. The van der Waals surface area contributed by atoms with Crippen LogP contribution in [0.2, 0.25) is 0 Å². The van der Waals surface area contributed by atoms with Crippen LogP contribution in [0.5, 0.6) is 0 Å². The second-order valence-electron chi connectivity index (χ2n) is 0. The largest absolute Gasteiger partial charge is 0.813 e. The second kappa shape index (κ2) is 139000. The molecule has 0 atom stereocenters. The molecule has 0 N–H and O–H groups in total. The number of hydrogen-bond acceptors (Lipinski definition) is 2.